The van der Waals surface area contributed by atoms with E-state index in [1.165, 1.54) is 6.07 Å². The highest BCUT2D eigenvalue weighted by Crippen LogP contribution is 2.12. The SMILES string of the molecule is CCCCCC(CN(O)C=O)C(=O)NCNC(=O)c1cccc(F)c1F. The molecule has 0 saturated heterocycles. The zero-order valence-corrected chi connectivity index (χ0v) is 14.5. The summed E-state index contributed by atoms with van der Waals surface area (Å²) >= 11 is 0. The molecule has 0 aliphatic carbocycles. The summed E-state index contributed by atoms with van der Waals surface area (Å²) in [4.78, 5) is 34.6. The number of carbonyl (C=O) groups excluding carboxylic acids is 3. The second-order valence-corrected chi connectivity index (χ2v) is 5.75. The molecule has 0 bridgehead atoms. The third-order valence-corrected chi connectivity index (χ3v) is 3.76. The minimum absolute atomic E-state index is 0.175. The molecular weight excluding hydrogens is 348 g/mol. The van der Waals surface area contributed by atoms with Crippen LogP contribution in [0.1, 0.15) is 43.0 Å². The molecule has 0 aromatic heterocycles. The van der Waals surface area contributed by atoms with Crippen molar-refractivity contribution in [1.29, 1.82) is 0 Å². The minimum Gasteiger partial charge on any atom is -0.338 e. The number of amides is 3. The normalized spacial score (nSPS) is 11.5. The molecule has 0 aliphatic rings. The molecule has 26 heavy (non-hydrogen) atoms. The van der Waals surface area contributed by atoms with Gasteiger partial charge in [-0.1, -0.05) is 32.3 Å². The van der Waals surface area contributed by atoms with Crippen LogP contribution in [-0.2, 0) is 9.59 Å². The predicted molar refractivity (Wildman–Crippen MR) is 89.0 cm³/mol. The van der Waals surface area contributed by atoms with Gasteiger partial charge in [0.25, 0.3) is 5.91 Å². The van der Waals surface area contributed by atoms with E-state index in [2.05, 4.69) is 10.6 Å². The van der Waals surface area contributed by atoms with Gasteiger partial charge in [0.2, 0.25) is 12.3 Å². The highest BCUT2D eigenvalue weighted by atomic mass is 19.2. The second-order valence-electron chi connectivity index (χ2n) is 5.75. The van der Waals surface area contributed by atoms with Gasteiger partial charge in [0.1, 0.15) is 0 Å². The van der Waals surface area contributed by atoms with Gasteiger partial charge in [-0.15, -0.1) is 0 Å². The number of unbranched alkanes of at least 4 members (excludes halogenated alkanes) is 2. The molecule has 1 atom stereocenters. The van der Waals surface area contributed by atoms with Crippen molar-refractivity contribution >= 4 is 18.2 Å². The molecule has 0 heterocycles. The highest BCUT2D eigenvalue weighted by molar-refractivity contribution is 5.94. The van der Waals surface area contributed by atoms with Gasteiger partial charge in [0.05, 0.1) is 24.7 Å². The van der Waals surface area contributed by atoms with Crippen LogP contribution in [0.4, 0.5) is 8.78 Å². The Hall–Kier alpha value is -2.55. The first-order valence-corrected chi connectivity index (χ1v) is 8.31. The van der Waals surface area contributed by atoms with Crippen LogP contribution in [-0.4, -0.2) is 41.7 Å². The van der Waals surface area contributed by atoms with Crippen LogP contribution in [0.2, 0.25) is 0 Å². The standard InChI is InChI=1S/C17H23F2N3O4/c1-2-3-4-6-12(9-22(26)11-23)16(24)20-10-21-17(25)13-7-5-8-14(18)15(13)19/h5,7-8,11-12,26H,2-4,6,9-10H2,1H3,(H,20,24)(H,21,25). The van der Waals surface area contributed by atoms with Crippen LogP contribution < -0.4 is 10.6 Å². The maximum Gasteiger partial charge on any atom is 0.255 e. The summed E-state index contributed by atoms with van der Waals surface area (Å²) in [6, 6.07) is 3.21. The van der Waals surface area contributed by atoms with Gasteiger partial charge >= 0.3 is 0 Å². The lowest BCUT2D eigenvalue weighted by Crippen LogP contribution is -2.43. The molecule has 1 aromatic rings. The molecule has 3 N–H and O–H groups in total. The van der Waals surface area contributed by atoms with E-state index in [4.69, 9.17) is 0 Å². The highest BCUT2D eigenvalue weighted by Gasteiger charge is 2.21. The third kappa shape index (κ3) is 6.75. The molecular formula is C17H23F2N3O4. The van der Waals surface area contributed by atoms with Gasteiger partial charge in [-0.3, -0.25) is 19.6 Å². The average molecular weight is 371 g/mol. The van der Waals surface area contributed by atoms with Crippen LogP contribution >= 0.6 is 0 Å². The Bertz CT molecular complexity index is 628. The number of halogens is 2. The van der Waals surface area contributed by atoms with E-state index in [1.54, 1.807) is 0 Å². The van der Waals surface area contributed by atoms with E-state index in [1.807, 2.05) is 6.92 Å². The van der Waals surface area contributed by atoms with Crippen LogP contribution in [0.15, 0.2) is 18.2 Å². The average Bonchev–Trinajstić information content (AvgIpc) is 2.62. The summed E-state index contributed by atoms with van der Waals surface area (Å²) in [6.07, 6.45) is 3.24. The molecule has 0 aliphatic heterocycles. The lowest BCUT2D eigenvalue weighted by Gasteiger charge is -2.19. The van der Waals surface area contributed by atoms with E-state index < -0.39 is 34.9 Å². The van der Waals surface area contributed by atoms with Crippen molar-refractivity contribution in [3.05, 3.63) is 35.4 Å². The Labute approximate surface area is 150 Å². The topological polar surface area (TPSA) is 98.7 Å². The summed E-state index contributed by atoms with van der Waals surface area (Å²) in [5.41, 5.74) is -0.471. The number of nitrogens with one attached hydrogen (secondary N) is 2. The molecule has 3 amide bonds. The fourth-order valence-electron chi connectivity index (χ4n) is 2.35. The number of benzene rings is 1. The zero-order valence-electron chi connectivity index (χ0n) is 14.5. The van der Waals surface area contributed by atoms with Crippen LogP contribution in [0, 0.1) is 17.6 Å². The molecule has 1 aromatic carbocycles. The Balaban J connectivity index is 2.56. The summed E-state index contributed by atoms with van der Waals surface area (Å²) < 4.78 is 26.6. The quantitative estimate of drug-likeness (QED) is 0.182. The number of rotatable bonds is 11. The number of hydroxylamine groups is 2. The van der Waals surface area contributed by atoms with E-state index in [9.17, 15) is 28.4 Å². The summed E-state index contributed by atoms with van der Waals surface area (Å²) in [5, 5.41) is 14.4. The van der Waals surface area contributed by atoms with Crippen molar-refractivity contribution in [3.8, 4) is 0 Å². The number of carbonyl (C=O) groups is 3. The van der Waals surface area contributed by atoms with Crippen molar-refractivity contribution in [2.24, 2.45) is 5.92 Å². The van der Waals surface area contributed by atoms with Gasteiger partial charge in [-0.05, 0) is 18.6 Å². The molecule has 0 spiro atoms. The molecule has 1 rings (SSSR count). The fourth-order valence-corrected chi connectivity index (χ4v) is 2.35. The molecule has 7 nitrogen and oxygen atoms in total. The number of nitrogens with zero attached hydrogens (tertiary/aromatic N) is 1. The Morgan fingerprint density at radius 2 is 2.00 bits per heavy atom. The maximum absolute atomic E-state index is 13.5. The molecule has 9 heteroatoms. The molecule has 0 radical (unpaired) electrons. The van der Waals surface area contributed by atoms with Crippen molar-refractivity contribution in [2.75, 3.05) is 13.2 Å². The van der Waals surface area contributed by atoms with Crippen molar-refractivity contribution in [3.63, 3.8) is 0 Å². The Morgan fingerprint density at radius 3 is 2.65 bits per heavy atom. The monoisotopic (exact) mass is 371 g/mol. The molecule has 144 valence electrons. The van der Waals surface area contributed by atoms with Gasteiger partial charge in [-0.25, -0.2) is 13.8 Å². The van der Waals surface area contributed by atoms with Gasteiger partial charge in [0, 0.05) is 0 Å². The molecule has 1 unspecified atom stereocenters. The lowest BCUT2D eigenvalue weighted by molar-refractivity contribution is -0.154. The second kappa shape index (κ2) is 11.1. The number of hydrogen-bond donors (Lipinski definition) is 3. The van der Waals surface area contributed by atoms with E-state index >= 15 is 0 Å². The third-order valence-electron chi connectivity index (χ3n) is 3.76. The minimum atomic E-state index is -1.27. The lowest BCUT2D eigenvalue weighted by atomic mass is 10.0. The first-order chi connectivity index (χ1) is 12.4. The van der Waals surface area contributed by atoms with Gasteiger partial charge in [-0.2, -0.15) is 0 Å². The molecule has 0 fully saturated rings. The van der Waals surface area contributed by atoms with E-state index in [0.717, 1.165) is 31.4 Å². The largest absolute Gasteiger partial charge is 0.338 e. The van der Waals surface area contributed by atoms with Gasteiger partial charge in [0.15, 0.2) is 11.6 Å². The number of hydrogen-bond acceptors (Lipinski definition) is 4. The van der Waals surface area contributed by atoms with Crippen LogP contribution in [0.25, 0.3) is 0 Å². The fraction of sp³-hybridized carbons (Fsp3) is 0.471. The first-order valence-electron chi connectivity index (χ1n) is 8.31. The summed E-state index contributed by atoms with van der Waals surface area (Å²) in [6.45, 7) is 1.52. The van der Waals surface area contributed by atoms with Gasteiger partial charge < -0.3 is 10.6 Å². The molecule has 0 saturated carbocycles. The van der Waals surface area contributed by atoms with E-state index in [-0.39, 0.29) is 19.6 Å². The first kappa shape index (κ1) is 21.5. The van der Waals surface area contributed by atoms with E-state index in [0.29, 0.717) is 11.5 Å². The smallest absolute Gasteiger partial charge is 0.255 e. The van der Waals surface area contributed by atoms with Crippen molar-refractivity contribution in [1.82, 2.24) is 15.7 Å². The van der Waals surface area contributed by atoms with Crippen molar-refractivity contribution < 1.29 is 28.4 Å². The summed E-state index contributed by atoms with van der Waals surface area (Å²) in [5.74, 6) is -4.41. The summed E-state index contributed by atoms with van der Waals surface area (Å²) in [7, 11) is 0. The maximum atomic E-state index is 13.5. The Morgan fingerprint density at radius 1 is 1.27 bits per heavy atom. The zero-order chi connectivity index (χ0) is 19.5. The Kier molecular flexibility index (Phi) is 9.21. The predicted octanol–water partition coefficient (Wildman–Crippen LogP) is 1.81. The van der Waals surface area contributed by atoms with Crippen LogP contribution in [0.5, 0.6) is 0 Å². The van der Waals surface area contributed by atoms with Crippen LogP contribution in [0.3, 0.4) is 0 Å². The van der Waals surface area contributed by atoms with Crippen molar-refractivity contribution in [2.45, 2.75) is 32.6 Å².